The van der Waals surface area contributed by atoms with Crippen LogP contribution in [0.2, 0.25) is 0 Å². The molecule has 2 aromatic carbocycles. The number of rotatable bonds is 3. The zero-order valence-corrected chi connectivity index (χ0v) is 20.6. The van der Waals surface area contributed by atoms with Gasteiger partial charge in [-0.2, -0.15) is 0 Å². The van der Waals surface area contributed by atoms with E-state index in [1.165, 1.54) is 12.0 Å². The van der Waals surface area contributed by atoms with Crippen molar-refractivity contribution in [1.29, 1.82) is 0 Å². The summed E-state index contributed by atoms with van der Waals surface area (Å²) in [5.74, 6) is 4.50. The van der Waals surface area contributed by atoms with Crippen molar-refractivity contribution in [2.24, 2.45) is 11.8 Å². The highest BCUT2D eigenvalue weighted by Crippen LogP contribution is 2.52. The van der Waals surface area contributed by atoms with Gasteiger partial charge in [0.15, 0.2) is 28.8 Å². The van der Waals surface area contributed by atoms with Crippen LogP contribution in [0.1, 0.15) is 55.0 Å². The van der Waals surface area contributed by atoms with Crippen LogP contribution in [0.25, 0.3) is 11.8 Å². The summed E-state index contributed by atoms with van der Waals surface area (Å²) in [6, 6.07) is 8.13. The highest BCUT2D eigenvalue weighted by Gasteiger charge is 2.40. The molecule has 6 aliphatic rings. The Morgan fingerprint density at radius 2 is 1.81 bits per heavy atom. The molecule has 0 radical (unpaired) electrons. The van der Waals surface area contributed by atoms with Gasteiger partial charge in [-0.25, -0.2) is 0 Å². The van der Waals surface area contributed by atoms with Gasteiger partial charge in [-0.1, -0.05) is 38.1 Å². The molecule has 3 unspecified atom stereocenters. The van der Waals surface area contributed by atoms with Gasteiger partial charge in [0.05, 0.1) is 6.04 Å². The minimum Gasteiger partial charge on any atom is -0.454 e. The molecule has 3 atom stereocenters. The average molecular weight is 484 g/mol. The van der Waals surface area contributed by atoms with Gasteiger partial charge in [0, 0.05) is 35.4 Å². The number of benzene rings is 2. The Labute approximate surface area is 210 Å². The Bertz CT molecular complexity index is 1370. The SMILES string of the molecule is CC.O=C(CC1c2c(ccc3c2OCO3)C=C2c3cc4c(cc3CCN21)OCO4)C1=CC2CC2C=C1. The molecule has 4 aliphatic heterocycles. The number of carbonyl (C=O) groups excluding carboxylic acids is 1. The normalized spacial score (nSPS) is 24.8. The minimum atomic E-state index is -0.121. The van der Waals surface area contributed by atoms with Gasteiger partial charge >= 0.3 is 0 Å². The largest absolute Gasteiger partial charge is 0.454 e. The first-order valence-corrected chi connectivity index (χ1v) is 13.0. The summed E-state index contributed by atoms with van der Waals surface area (Å²) in [6.45, 7) is 5.29. The lowest BCUT2D eigenvalue weighted by Gasteiger charge is -2.43. The Kier molecular flexibility index (Phi) is 4.91. The molecule has 6 nitrogen and oxygen atoms in total. The van der Waals surface area contributed by atoms with Crippen molar-refractivity contribution in [3.8, 4) is 23.0 Å². The van der Waals surface area contributed by atoms with E-state index in [9.17, 15) is 4.79 Å². The smallest absolute Gasteiger partial charge is 0.231 e. The Morgan fingerprint density at radius 1 is 1.00 bits per heavy atom. The second-order valence-corrected chi connectivity index (χ2v) is 9.83. The van der Waals surface area contributed by atoms with Crippen LogP contribution in [0, 0.1) is 11.8 Å². The van der Waals surface area contributed by atoms with Crippen LogP contribution in [0.3, 0.4) is 0 Å². The van der Waals surface area contributed by atoms with E-state index in [0.717, 1.165) is 63.9 Å². The second-order valence-electron chi connectivity index (χ2n) is 9.83. The van der Waals surface area contributed by atoms with Crippen molar-refractivity contribution < 1.29 is 23.7 Å². The number of hydrogen-bond acceptors (Lipinski definition) is 6. The molecule has 4 heterocycles. The second kappa shape index (κ2) is 8.19. The van der Waals surface area contributed by atoms with Gasteiger partial charge < -0.3 is 23.8 Å². The van der Waals surface area contributed by atoms with Gasteiger partial charge in [-0.15, -0.1) is 0 Å². The lowest BCUT2D eigenvalue weighted by Crippen LogP contribution is -2.37. The van der Waals surface area contributed by atoms with E-state index in [4.69, 9.17) is 18.9 Å². The third kappa shape index (κ3) is 3.27. The number of ketones is 1. The summed E-state index contributed by atoms with van der Waals surface area (Å²) >= 11 is 0. The number of carbonyl (C=O) groups is 1. The standard InChI is InChI=1S/C28H23NO5.C2H6/c30-23(17-2-1-15-7-19(15)8-17)12-22-27-18(3-4-24-28(27)34-14-31-24)9-21-20-11-26-25(32-13-33-26)10-16(20)5-6-29(21)22;1-2/h1-4,8-11,15,19,22H,5-7,12-14H2;1-2H3. The number of ether oxygens (including phenoxy) is 4. The summed E-state index contributed by atoms with van der Waals surface area (Å²) in [7, 11) is 0. The first-order valence-electron chi connectivity index (χ1n) is 13.0. The molecule has 0 bridgehead atoms. The topological polar surface area (TPSA) is 57.2 Å². The summed E-state index contributed by atoms with van der Waals surface area (Å²) in [5, 5.41) is 0. The fourth-order valence-corrected chi connectivity index (χ4v) is 6.07. The van der Waals surface area contributed by atoms with Crippen molar-refractivity contribution in [3.05, 3.63) is 70.3 Å². The van der Waals surface area contributed by atoms with Crippen LogP contribution in [-0.4, -0.2) is 30.8 Å². The number of allylic oxidation sites excluding steroid dienone is 4. The predicted octanol–water partition coefficient (Wildman–Crippen LogP) is 5.67. The van der Waals surface area contributed by atoms with Gasteiger partial charge in [-0.05, 0) is 60.1 Å². The van der Waals surface area contributed by atoms with E-state index in [1.54, 1.807) is 0 Å². The first-order chi connectivity index (χ1) is 17.7. The van der Waals surface area contributed by atoms with E-state index in [1.807, 2.05) is 26.0 Å². The van der Waals surface area contributed by atoms with E-state index in [2.05, 4.69) is 41.3 Å². The summed E-state index contributed by atoms with van der Waals surface area (Å²) < 4.78 is 22.9. The monoisotopic (exact) mass is 483 g/mol. The molecule has 6 heteroatoms. The van der Waals surface area contributed by atoms with Crippen molar-refractivity contribution in [2.45, 2.75) is 39.2 Å². The van der Waals surface area contributed by atoms with Crippen molar-refractivity contribution in [2.75, 3.05) is 20.1 Å². The zero-order chi connectivity index (χ0) is 24.4. The van der Waals surface area contributed by atoms with Crippen LogP contribution >= 0.6 is 0 Å². The minimum absolute atomic E-state index is 0.121. The quantitative estimate of drug-likeness (QED) is 0.561. The molecule has 2 aliphatic carbocycles. The van der Waals surface area contributed by atoms with Crippen LogP contribution in [0.15, 0.2) is 48.1 Å². The summed E-state index contributed by atoms with van der Waals surface area (Å²) in [6.07, 6.45) is 11.1. The molecular formula is C30H29NO5. The van der Waals surface area contributed by atoms with Crippen molar-refractivity contribution in [3.63, 3.8) is 0 Å². The highest BCUT2D eigenvalue weighted by molar-refractivity contribution is 5.99. The van der Waals surface area contributed by atoms with Crippen LogP contribution in [0.5, 0.6) is 23.0 Å². The third-order valence-electron chi connectivity index (χ3n) is 7.93. The number of nitrogens with zero attached hydrogens (tertiary/aromatic N) is 1. The molecule has 1 fully saturated rings. The molecule has 0 saturated heterocycles. The average Bonchev–Trinajstić information content (AvgIpc) is 3.28. The number of hydrogen-bond donors (Lipinski definition) is 0. The Morgan fingerprint density at radius 3 is 2.67 bits per heavy atom. The molecule has 0 aromatic heterocycles. The van der Waals surface area contributed by atoms with Crippen LogP contribution in [-0.2, 0) is 11.2 Å². The van der Waals surface area contributed by atoms with Crippen LogP contribution in [0.4, 0.5) is 0 Å². The number of Topliss-reactive ketones (excluding diaryl/α,β-unsaturated/α-hetero) is 1. The molecule has 184 valence electrons. The molecule has 1 saturated carbocycles. The van der Waals surface area contributed by atoms with Crippen LogP contribution < -0.4 is 18.9 Å². The maximum Gasteiger partial charge on any atom is 0.231 e. The van der Waals surface area contributed by atoms with E-state index >= 15 is 0 Å². The molecule has 2 aromatic rings. The maximum atomic E-state index is 13.5. The Hall–Kier alpha value is -3.67. The third-order valence-corrected chi connectivity index (χ3v) is 7.93. The van der Waals surface area contributed by atoms with E-state index in [-0.39, 0.29) is 25.4 Å². The maximum absolute atomic E-state index is 13.5. The molecule has 36 heavy (non-hydrogen) atoms. The van der Waals surface area contributed by atoms with Gasteiger partial charge in [-0.3, -0.25) is 4.79 Å². The van der Waals surface area contributed by atoms with E-state index in [0.29, 0.717) is 18.3 Å². The molecule has 0 spiro atoms. The molecule has 0 N–H and O–H groups in total. The lowest BCUT2D eigenvalue weighted by molar-refractivity contribution is -0.116. The fraction of sp³-hybridized carbons (Fsp3) is 0.367. The molecule has 0 amide bonds. The summed E-state index contributed by atoms with van der Waals surface area (Å²) in [4.78, 5) is 15.9. The van der Waals surface area contributed by atoms with Gasteiger partial charge in [0.2, 0.25) is 13.6 Å². The molecule has 8 rings (SSSR count). The van der Waals surface area contributed by atoms with Crippen molar-refractivity contribution in [1.82, 2.24) is 4.90 Å². The van der Waals surface area contributed by atoms with Gasteiger partial charge in [0.25, 0.3) is 0 Å². The lowest BCUT2D eigenvalue weighted by atomic mass is 9.83. The first kappa shape index (κ1) is 21.6. The Balaban J connectivity index is 0.00000108. The predicted molar refractivity (Wildman–Crippen MR) is 136 cm³/mol. The highest BCUT2D eigenvalue weighted by atomic mass is 16.7. The van der Waals surface area contributed by atoms with Crippen molar-refractivity contribution >= 4 is 17.6 Å². The van der Waals surface area contributed by atoms with Gasteiger partial charge in [0.1, 0.15) is 0 Å². The van der Waals surface area contributed by atoms with E-state index < -0.39 is 0 Å². The number of fused-ring (bicyclic) bond motifs is 8. The summed E-state index contributed by atoms with van der Waals surface area (Å²) in [5.41, 5.74) is 6.50. The molecular weight excluding hydrogens is 454 g/mol. The fourth-order valence-electron chi connectivity index (χ4n) is 6.07. The zero-order valence-electron chi connectivity index (χ0n) is 20.6.